The topological polar surface area (TPSA) is 66.8 Å². The van der Waals surface area contributed by atoms with Gasteiger partial charge in [0.05, 0.1) is 12.1 Å². The summed E-state index contributed by atoms with van der Waals surface area (Å²) in [6.07, 6.45) is -0.710. The number of hydrogen-bond donors (Lipinski definition) is 1. The number of carboxylic acid groups (broad SMARTS) is 1. The normalized spacial score (nSPS) is 17.5. The molecule has 21 heavy (non-hydrogen) atoms. The van der Waals surface area contributed by atoms with Crippen LogP contribution in [0.25, 0.3) is 0 Å². The highest BCUT2D eigenvalue weighted by atomic mass is 19.1. The van der Waals surface area contributed by atoms with E-state index >= 15 is 0 Å². The van der Waals surface area contributed by atoms with E-state index in [-0.39, 0.29) is 13.0 Å². The molecule has 0 aliphatic carbocycles. The summed E-state index contributed by atoms with van der Waals surface area (Å²) in [7, 11) is 0. The number of ether oxygens (including phenoxy) is 1. The van der Waals surface area contributed by atoms with Gasteiger partial charge in [-0.25, -0.2) is 9.18 Å². The Bertz CT molecular complexity index is 580. The van der Waals surface area contributed by atoms with Crippen molar-refractivity contribution in [1.82, 2.24) is 0 Å². The molecule has 0 aromatic heterocycles. The van der Waals surface area contributed by atoms with E-state index in [2.05, 4.69) is 0 Å². The highest BCUT2D eigenvalue weighted by Gasteiger charge is 2.36. The first-order valence-corrected chi connectivity index (χ1v) is 6.69. The van der Waals surface area contributed by atoms with Gasteiger partial charge in [0.1, 0.15) is 11.4 Å². The third-order valence-corrected chi connectivity index (χ3v) is 3.16. The molecule has 1 N–H and O–H groups in total. The fourth-order valence-corrected chi connectivity index (χ4v) is 2.39. The maximum atomic E-state index is 13.4. The van der Waals surface area contributed by atoms with Crippen LogP contribution in [0.1, 0.15) is 38.7 Å². The molecule has 6 heteroatoms. The lowest BCUT2D eigenvalue weighted by molar-refractivity contribution is -0.137. The molecule has 114 valence electrons. The zero-order valence-corrected chi connectivity index (χ0v) is 12.2. The van der Waals surface area contributed by atoms with Gasteiger partial charge in [0.15, 0.2) is 0 Å². The SMILES string of the molecule is CC(C)(C)OC(=O)N1C[C@H](CC(=O)O)c2cc(F)ccc21. The smallest absolute Gasteiger partial charge is 0.414 e. The summed E-state index contributed by atoms with van der Waals surface area (Å²) in [5.74, 6) is -1.86. The number of benzene rings is 1. The first kappa shape index (κ1) is 15.3. The number of halogens is 1. The second-order valence-corrected chi connectivity index (χ2v) is 6.09. The Morgan fingerprint density at radius 3 is 2.67 bits per heavy atom. The highest BCUT2D eigenvalue weighted by Crippen LogP contribution is 2.39. The van der Waals surface area contributed by atoms with Crippen LogP contribution in [0.15, 0.2) is 18.2 Å². The summed E-state index contributed by atoms with van der Waals surface area (Å²) < 4.78 is 18.7. The molecular formula is C15H18FNO4. The fraction of sp³-hybridized carbons (Fsp3) is 0.467. The summed E-state index contributed by atoms with van der Waals surface area (Å²) >= 11 is 0. The Morgan fingerprint density at radius 2 is 2.10 bits per heavy atom. The van der Waals surface area contributed by atoms with Crippen LogP contribution in [0.3, 0.4) is 0 Å². The molecule has 0 spiro atoms. The van der Waals surface area contributed by atoms with Crippen LogP contribution >= 0.6 is 0 Å². The Hall–Kier alpha value is -2.11. The van der Waals surface area contributed by atoms with Crippen LogP contribution in [0, 0.1) is 5.82 Å². The molecule has 1 atom stereocenters. The standard InChI is InChI=1S/C15H18FNO4/c1-15(2,3)21-14(20)17-8-9(6-13(18)19)11-7-10(16)4-5-12(11)17/h4-5,7,9H,6,8H2,1-3H3,(H,18,19)/t9-/m0/s1. The zero-order valence-electron chi connectivity index (χ0n) is 12.2. The molecule has 2 rings (SSSR count). The molecule has 0 unspecified atom stereocenters. The predicted molar refractivity (Wildman–Crippen MR) is 75.0 cm³/mol. The quantitative estimate of drug-likeness (QED) is 0.910. The Labute approximate surface area is 122 Å². The highest BCUT2D eigenvalue weighted by molar-refractivity contribution is 5.91. The van der Waals surface area contributed by atoms with Gasteiger partial charge < -0.3 is 9.84 Å². The Kier molecular flexibility index (Phi) is 3.89. The molecule has 0 saturated carbocycles. The molecule has 1 aliphatic rings. The minimum Gasteiger partial charge on any atom is -0.481 e. The Morgan fingerprint density at radius 1 is 1.43 bits per heavy atom. The van der Waals surface area contributed by atoms with Crippen LogP contribution < -0.4 is 4.90 Å². The van der Waals surface area contributed by atoms with Crippen LogP contribution in [-0.4, -0.2) is 29.3 Å². The van der Waals surface area contributed by atoms with Crippen molar-refractivity contribution in [3.05, 3.63) is 29.6 Å². The van der Waals surface area contributed by atoms with E-state index in [4.69, 9.17) is 9.84 Å². The lowest BCUT2D eigenvalue weighted by Gasteiger charge is -2.25. The average Bonchev–Trinajstić information content (AvgIpc) is 2.65. The summed E-state index contributed by atoms with van der Waals surface area (Å²) in [4.78, 5) is 24.5. The largest absolute Gasteiger partial charge is 0.481 e. The average molecular weight is 295 g/mol. The molecule has 0 fully saturated rings. The fourth-order valence-electron chi connectivity index (χ4n) is 2.39. The van der Waals surface area contributed by atoms with Gasteiger partial charge in [-0.2, -0.15) is 0 Å². The van der Waals surface area contributed by atoms with E-state index in [9.17, 15) is 14.0 Å². The van der Waals surface area contributed by atoms with Crippen LogP contribution in [0.2, 0.25) is 0 Å². The van der Waals surface area contributed by atoms with Crippen LogP contribution in [-0.2, 0) is 9.53 Å². The molecule has 0 radical (unpaired) electrons. The predicted octanol–water partition coefficient (Wildman–Crippen LogP) is 3.14. The van der Waals surface area contributed by atoms with E-state index in [0.29, 0.717) is 11.3 Å². The lowest BCUT2D eigenvalue weighted by Crippen LogP contribution is -2.36. The maximum absolute atomic E-state index is 13.4. The molecule has 0 bridgehead atoms. The number of carboxylic acids is 1. The lowest BCUT2D eigenvalue weighted by atomic mass is 9.98. The molecule has 5 nitrogen and oxygen atoms in total. The number of aliphatic carboxylic acids is 1. The summed E-state index contributed by atoms with van der Waals surface area (Å²) in [6.45, 7) is 5.43. The number of hydrogen-bond acceptors (Lipinski definition) is 3. The number of fused-ring (bicyclic) bond motifs is 1. The first-order valence-electron chi connectivity index (χ1n) is 6.69. The van der Waals surface area contributed by atoms with Gasteiger partial charge in [-0.3, -0.25) is 9.69 Å². The minimum atomic E-state index is -0.985. The Balaban J connectivity index is 2.31. The van der Waals surface area contributed by atoms with E-state index in [0.717, 1.165) is 0 Å². The van der Waals surface area contributed by atoms with Crippen molar-refractivity contribution in [1.29, 1.82) is 0 Å². The van der Waals surface area contributed by atoms with Crippen molar-refractivity contribution in [3.8, 4) is 0 Å². The minimum absolute atomic E-state index is 0.157. The van der Waals surface area contributed by atoms with E-state index < -0.39 is 29.4 Å². The molecule has 1 amide bonds. The molecule has 1 aliphatic heterocycles. The van der Waals surface area contributed by atoms with Gasteiger partial charge in [-0.15, -0.1) is 0 Å². The second-order valence-electron chi connectivity index (χ2n) is 6.09. The number of anilines is 1. The third-order valence-electron chi connectivity index (χ3n) is 3.16. The van der Waals surface area contributed by atoms with Crippen LogP contribution in [0.5, 0.6) is 0 Å². The summed E-state index contributed by atoms with van der Waals surface area (Å²) in [5.41, 5.74) is 0.391. The summed E-state index contributed by atoms with van der Waals surface area (Å²) in [5, 5.41) is 8.95. The number of rotatable bonds is 2. The third kappa shape index (κ3) is 3.51. The molecule has 1 aromatic rings. The molecule has 1 aromatic carbocycles. The number of amides is 1. The number of carbonyl (C=O) groups excluding carboxylic acids is 1. The second kappa shape index (κ2) is 5.35. The monoisotopic (exact) mass is 295 g/mol. The van der Waals surface area contributed by atoms with E-state index in [1.54, 1.807) is 20.8 Å². The van der Waals surface area contributed by atoms with Crippen molar-refractivity contribution in [3.63, 3.8) is 0 Å². The first-order chi connectivity index (χ1) is 9.67. The molecule has 0 saturated heterocycles. The van der Waals surface area contributed by atoms with Gasteiger partial charge in [0.2, 0.25) is 0 Å². The number of nitrogens with zero attached hydrogens (tertiary/aromatic N) is 1. The van der Waals surface area contributed by atoms with Gasteiger partial charge in [-0.1, -0.05) is 0 Å². The van der Waals surface area contributed by atoms with Crippen molar-refractivity contribution in [2.24, 2.45) is 0 Å². The van der Waals surface area contributed by atoms with Gasteiger partial charge in [0.25, 0.3) is 0 Å². The molecule has 1 heterocycles. The van der Waals surface area contributed by atoms with E-state index in [1.807, 2.05) is 0 Å². The van der Waals surface area contributed by atoms with E-state index in [1.165, 1.54) is 23.1 Å². The van der Waals surface area contributed by atoms with Crippen molar-refractivity contribution in [2.75, 3.05) is 11.4 Å². The maximum Gasteiger partial charge on any atom is 0.414 e. The van der Waals surface area contributed by atoms with Crippen molar-refractivity contribution in [2.45, 2.75) is 38.7 Å². The van der Waals surface area contributed by atoms with Gasteiger partial charge >= 0.3 is 12.1 Å². The van der Waals surface area contributed by atoms with Crippen molar-refractivity contribution < 1.29 is 23.8 Å². The van der Waals surface area contributed by atoms with Crippen LogP contribution in [0.4, 0.5) is 14.9 Å². The zero-order chi connectivity index (χ0) is 15.8. The summed E-state index contributed by atoms with van der Waals surface area (Å²) in [6, 6.07) is 4.02. The van der Waals surface area contributed by atoms with Gasteiger partial charge in [0, 0.05) is 12.5 Å². The molecular weight excluding hydrogens is 277 g/mol. The number of carbonyl (C=O) groups is 2. The van der Waals surface area contributed by atoms with Gasteiger partial charge in [-0.05, 0) is 44.5 Å². The van der Waals surface area contributed by atoms with Crippen molar-refractivity contribution >= 4 is 17.7 Å².